The average molecular weight is 482 g/mol. The zero-order chi connectivity index (χ0) is 20.2. The highest BCUT2D eigenvalue weighted by Crippen LogP contribution is 2.38. The molecule has 0 bridgehead atoms. The monoisotopic (exact) mass is 480 g/mol. The fourth-order valence-corrected chi connectivity index (χ4v) is 3.48. The van der Waals surface area contributed by atoms with Gasteiger partial charge in [0.25, 0.3) is 0 Å². The first kappa shape index (κ1) is 21.8. The van der Waals surface area contributed by atoms with E-state index in [1.165, 1.54) is 36.4 Å². The van der Waals surface area contributed by atoms with Crippen molar-refractivity contribution in [3.8, 4) is 0 Å². The molecule has 0 heterocycles. The van der Waals surface area contributed by atoms with Crippen LogP contribution in [0, 0.1) is 0 Å². The van der Waals surface area contributed by atoms with Crippen LogP contribution in [0.1, 0.15) is 34.3 Å². The highest BCUT2D eigenvalue weighted by Gasteiger charge is 2.39. The Hall–Kier alpha value is -1.50. The second-order valence-electron chi connectivity index (χ2n) is 5.54. The summed E-state index contributed by atoms with van der Waals surface area (Å²) >= 11 is 14.9. The van der Waals surface area contributed by atoms with Crippen molar-refractivity contribution in [1.29, 1.82) is 0 Å². The van der Waals surface area contributed by atoms with Crippen molar-refractivity contribution >= 4 is 51.2 Å². The van der Waals surface area contributed by atoms with Crippen LogP contribution in [0.5, 0.6) is 0 Å². The number of rotatable bonds is 5. The van der Waals surface area contributed by atoms with Crippen molar-refractivity contribution in [1.82, 2.24) is 0 Å². The standard InChI is InChI=1S/C19H14BrCl2F3O2/c1-2-27-18(26)15-5-3-11(7-17(15)20)4-6-16(19(23,24)25)12-8-13(21)10-14(22)9-12/h3-10,16H,2H2,1H3. The van der Waals surface area contributed by atoms with E-state index in [0.29, 0.717) is 15.6 Å². The van der Waals surface area contributed by atoms with Gasteiger partial charge in [0.2, 0.25) is 0 Å². The minimum atomic E-state index is -4.52. The minimum Gasteiger partial charge on any atom is -0.462 e. The Morgan fingerprint density at radius 2 is 1.81 bits per heavy atom. The molecule has 0 amide bonds. The molecular weight excluding hydrogens is 468 g/mol. The predicted octanol–water partition coefficient (Wildman–Crippen LogP) is 7.29. The van der Waals surface area contributed by atoms with E-state index in [0.717, 1.165) is 6.08 Å². The summed E-state index contributed by atoms with van der Waals surface area (Å²) in [4.78, 5) is 11.8. The Bertz CT molecular complexity index is 846. The minimum absolute atomic E-state index is 0.0570. The molecule has 0 radical (unpaired) electrons. The SMILES string of the molecule is CCOC(=O)c1ccc(C=CC(c2cc(Cl)cc(Cl)c2)C(F)(F)F)cc1Br. The summed E-state index contributed by atoms with van der Waals surface area (Å²) in [5, 5.41) is 0.253. The highest BCUT2D eigenvalue weighted by molar-refractivity contribution is 9.10. The summed E-state index contributed by atoms with van der Waals surface area (Å²) in [6.45, 7) is 1.91. The smallest absolute Gasteiger partial charge is 0.399 e. The Labute approximate surface area is 173 Å². The molecule has 0 aliphatic carbocycles. The topological polar surface area (TPSA) is 26.3 Å². The molecule has 2 aromatic carbocycles. The van der Waals surface area contributed by atoms with E-state index in [1.807, 2.05) is 0 Å². The van der Waals surface area contributed by atoms with Crippen LogP contribution in [-0.4, -0.2) is 18.8 Å². The third-order valence-corrected chi connectivity index (χ3v) is 4.66. The normalized spacial score (nSPS) is 13.0. The first-order valence-corrected chi connectivity index (χ1v) is 9.34. The van der Waals surface area contributed by atoms with Gasteiger partial charge in [-0.2, -0.15) is 13.2 Å². The van der Waals surface area contributed by atoms with Crippen molar-refractivity contribution in [3.63, 3.8) is 0 Å². The van der Waals surface area contributed by atoms with E-state index in [-0.39, 0.29) is 22.2 Å². The molecule has 1 unspecified atom stereocenters. The Morgan fingerprint density at radius 3 is 2.33 bits per heavy atom. The van der Waals surface area contributed by atoms with Crippen molar-refractivity contribution in [2.24, 2.45) is 0 Å². The molecule has 2 aromatic rings. The number of allylic oxidation sites excluding steroid dienone is 1. The highest BCUT2D eigenvalue weighted by atomic mass is 79.9. The summed E-state index contributed by atoms with van der Waals surface area (Å²) < 4.78 is 45.8. The largest absolute Gasteiger partial charge is 0.462 e. The van der Waals surface area contributed by atoms with Gasteiger partial charge in [-0.3, -0.25) is 0 Å². The number of ether oxygens (including phenoxy) is 1. The summed E-state index contributed by atoms with van der Waals surface area (Å²) in [6, 6.07) is 8.40. The number of benzene rings is 2. The maximum absolute atomic E-state index is 13.5. The Balaban J connectivity index is 2.34. The Kier molecular flexibility index (Phi) is 7.37. The lowest BCUT2D eigenvalue weighted by molar-refractivity contribution is -0.139. The van der Waals surface area contributed by atoms with Crippen molar-refractivity contribution < 1.29 is 22.7 Å². The number of esters is 1. The molecular formula is C19H14BrCl2F3O2. The lowest BCUT2D eigenvalue weighted by atomic mass is 9.97. The van der Waals surface area contributed by atoms with E-state index in [2.05, 4.69) is 15.9 Å². The van der Waals surface area contributed by atoms with Gasteiger partial charge in [0.05, 0.1) is 18.1 Å². The molecule has 0 fully saturated rings. The van der Waals surface area contributed by atoms with Crippen LogP contribution >= 0.6 is 39.1 Å². The molecule has 2 rings (SSSR count). The van der Waals surface area contributed by atoms with E-state index in [4.69, 9.17) is 27.9 Å². The van der Waals surface area contributed by atoms with Gasteiger partial charge in [-0.15, -0.1) is 0 Å². The number of halogens is 6. The molecule has 144 valence electrons. The summed E-state index contributed by atoms with van der Waals surface area (Å²) in [5.74, 6) is -2.39. The van der Waals surface area contributed by atoms with Gasteiger partial charge in [0.15, 0.2) is 0 Å². The fraction of sp³-hybridized carbons (Fsp3) is 0.211. The predicted molar refractivity (Wildman–Crippen MR) is 104 cm³/mol. The summed E-state index contributed by atoms with van der Waals surface area (Å²) in [6.07, 6.45) is -2.17. The van der Waals surface area contributed by atoms with E-state index >= 15 is 0 Å². The second kappa shape index (κ2) is 9.13. The van der Waals surface area contributed by atoms with Gasteiger partial charge in [0.1, 0.15) is 0 Å². The van der Waals surface area contributed by atoms with Crippen molar-refractivity contribution in [3.05, 3.63) is 73.7 Å². The zero-order valence-corrected chi connectivity index (χ0v) is 17.1. The molecule has 0 spiro atoms. The van der Waals surface area contributed by atoms with Crippen LogP contribution < -0.4 is 0 Å². The van der Waals surface area contributed by atoms with Crippen LogP contribution in [-0.2, 0) is 4.74 Å². The van der Waals surface area contributed by atoms with Gasteiger partial charge in [-0.25, -0.2) is 4.79 Å². The van der Waals surface area contributed by atoms with E-state index < -0.39 is 18.1 Å². The maximum Gasteiger partial charge on any atom is 0.399 e. The lowest BCUT2D eigenvalue weighted by Gasteiger charge is -2.18. The molecule has 0 aliphatic heterocycles. The van der Waals surface area contributed by atoms with Gasteiger partial charge in [-0.1, -0.05) is 41.4 Å². The van der Waals surface area contributed by atoms with Crippen LogP contribution in [0.2, 0.25) is 10.0 Å². The fourth-order valence-electron chi connectivity index (χ4n) is 2.38. The van der Waals surface area contributed by atoms with Crippen molar-refractivity contribution in [2.45, 2.75) is 19.0 Å². The number of hydrogen-bond donors (Lipinski definition) is 0. The van der Waals surface area contributed by atoms with Crippen molar-refractivity contribution in [2.75, 3.05) is 6.61 Å². The van der Waals surface area contributed by atoms with Gasteiger partial charge >= 0.3 is 12.1 Å². The third-order valence-electron chi connectivity index (χ3n) is 3.57. The molecule has 1 atom stereocenters. The van der Waals surface area contributed by atoms with Crippen LogP contribution in [0.3, 0.4) is 0 Å². The first-order chi connectivity index (χ1) is 12.6. The van der Waals surface area contributed by atoms with Crippen LogP contribution in [0.15, 0.2) is 46.9 Å². The number of hydrogen-bond acceptors (Lipinski definition) is 2. The number of alkyl halides is 3. The molecule has 0 aliphatic rings. The van der Waals surface area contributed by atoms with Crippen LogP contribution in [0.25, 0.3) is 6.08 Å². The quantitative estimate of drug-likeness (QED) is 0.419. The Morgan fingerprint density at radius 1 is 1.19 bits per heavy atom. The van der Waals surface area contributed by atoms with E-state index in [9.17, 15) is 18.0 Å². The zero-order valence-electron chi connectivity index (χ0n) is 14.0. The van der Waals surface area contributed by atoms with Gasteiger partial charge in [0, 0.05) is 14.5 Å². The molecule has 0 N–H and O–H groups in total. The van der Waals surface area contributed by atoms with Gasteiger partial charge < -0.3 is 4.74 Å². The molecule has 0 saturated carbocycles. The third kappa shape index (κ3) is 5.99. The molecule has 0 saturated heterocycles. The number of carbonyl (C=O) groups excluding carboxylic acids is 1. The second-order valence-corrected chi connectivity index (χ2v) is 7.27. The number of carbonyl (C=O) groups is 1. The summed E-state index contributed by atoms with van der Waals surface area (Å²) in [5.41, 5.74) is 0.721. The molecule has 2 nitrogen and oxygen atoms in total. The maximum atomic E-state index is 13.5. The molecule has 0 aromatic heterocycles. The molecule has 8 heteroatoms. The van der Waals surface area contributed by atoms with E-state index in [1.54, 1.807) is 13.0 Å². The van der Waals surface area contributed by atoms with Crippen LogP contribution in [0.4, 0.5) is 13.2 Å². The lowest BCUT2D eigenvalue weighted by Crippen LogP contribution is -2.18. The first-order valence-electron chi connectivity index (χ1n) is 7.79. The molecule has 27 heavy (non-hydrogen) atoms. The van der Waals surface area contributed by atoms with Gasteiger partial charge in [-0.05, 0) is 64.3 Å². The summed E-state index contributed by atoms with van der Waals surface area (Å²) in [7, 11) is 0. The average Bonchev–Trinajstić information content (AvgIpc) is 2.53.